The number of hydrogen-bond donors (Lipinski definition) is 3. The number of carbonyl (C=O) groups is 2. The first kappa shape index (κ1) is 12.9. The molecule has 2 atom stereocenters. The van der Waals surface area contributed by atoms with Crippen molar-refractivity contribution in [1.82, 2.24) is 15.5 Å². The molecule has 1 aliphatic rings. The van der Waals surface area contributed by atoms with Crippen LogP contribution in [0.1, 0.15) is 13.3 Å². The summed E-state index contributed by atoms with van der Waals surface area (Å²) >= 11 is 0. The van der Waals surface area contributed by atoms with E-state index in [1.165, 1.54) is 7.05 Å². The Morgan fingerprint density at radius 3 is 2.75 bits per heavy atom. The van der Waals surface area contributed by atoms with Crippen LogP contribution in [0, 0.1) is 5.92 Å². The van der Waals surface area contributed by atoms with Crippen LogP contribution in [0.15, 0.2) is 0 Å². The van der Waals surface area contributed by atoms with Crippen LogP contribution in [-0.2, 0) is 4.79 Å². The Hall–Kier alpha value is -1.14. The van der Waals surface area contributed by atoms with E-state index < -0.39 is 6.03 Å². The summed E-state index contributed by atoms with van der Waals surface area (Å²) in [5.41, 5.74) is 0. The number of piperidine rings is 1. The zero-order chi connectivity index (χ0) is 12.1. The molecule has 1 fully saturated rings. The lowest BCUT2D eigenvalue weighted by molar-refractivity contribution is -0.122. The lowest BCUT2D eigenvalue weighted by Gasteiger charge is -2.33. The van der Waals surface area contributed by atoms with E-state index in [2.05, 4.69) is 10.6 Å². The fourth-order valence-corrected chi connectivity index (χ4v) is 1.79. The Morgan fingerprint density at radius 1 is 1.50 bits per heavy atom. The first-order valence-corrected chi connectivity index (χ1v) is 5.45. The molecule has 0 saturated carbocycles. The molecule has 3 amide bonds. The van der Waals surface area contributed by atoms with Gasteiger partial charge in [-0.25, -0.2) is 4.79 Å². The van der Waals surface area contributed by atoms with E-state index in [1.807, 2.05) is 11.8 Å². The van der Waals surface area contributed by atoms with Crippen LogP contribution in [-0.4, -0.2) is 54.7 Å². The number of nitrogens with one attached hydrogen (secondary N) is 2. The molecule has 6 heteroatoms. The summed E-state index contributed by atoms with van der Waals surface area (Å²) in [4.78, 5) is 24.2. The summed E-state index contributed by atoms with van der Waals surface area (Å²) < 4.78 is 0. The van der Waals surface area contributed by atoms with Gasteiger partial charge in [-0.1, -0.05) is 6.92 Å². The van der Waals surface area contributed by atoms with Gasteiger partial charge in [-0.15, -0.1) is 0 Å². The predicted octanol–water partition coefficient (Wildman–Crippen LogP) is -0.855. The number of imide groups is 1. The fourth-order valence-electron chi connectivity index (χ4n) is 1.79. The lowest BCUT2D eigenvalue weighted by atomic mass is 9.97. The maximum atomic E-state index is 11.4. The Morgan fingerprint density at radius 2 is 2.19 bits per heavy atom. The molecule has 0 aliphatic carbocycles. The zero-order valence-corrected chi connectivity index (χ0v) is 9.69. The predicted molar refractivity (Wildman–Crippen MR) is 58.8 cm³/mol. The number of urea groups is 1. The van der Waals surface area contributed by atoms with Crippen LogP contribution in [0.5, 0.6) is 0 Å². The van der Waals surface area contributed by atoms with Crippen LogP contribution >= 0.6 is 0 Å². The third-order valence-electron chi connectivity index (χ3n) is 2.79. The normalized spacial score (nSPS) is 26.2. The number of hydrogen-bond acceptors (Lipinski definition) is 4. The van der Waals surface area contributed by atoms with Crippen molar-refractivity contribution in [2.75, 3.05) is 26.7 Å². The number of carbonyl (C=O) groups excluding carboxylic acids is 2. The molecule has 0 aromatic heterocycles. The van der Waals surface area contributed by atoms with Gasteiger partial charge in [0, 0.05) is 20.1 Å². The van der Waals surface area contributed by atoms with Gasteiger partial charge in [0.25, 0.3) is 0 Å². The second-order valence-electron chi connectivity index (χ2n) is 4.20. The van der Waals surface area contributed by atoms with Crippen molar-refractivity contribution in [1.29, 1.82) is 0 Å². The summed E-state index contributed by atoms with van der Waals surface area (Å²) in [5.74, 6) is -0.149. The highest BCUT2D eigenvalue weighted by Gasteiger charge is 2.25. The van der Waals surface area contributed by atoms with Gasteiger partial charge in [-0.2, -0.15) is 0 Å². The van der Waals surface area contributed by atoms with Crippen LogP contribution in [0.4, 0.5) is 4.79 Å². The van der Waals surface area contributed by atoms with Crippen LogP contribution in [0.3, 0.4) is 0 Å². The number of nitrogens with zero attached hydrogens (tertiary/aromatic N) is 1. The molecule has 0 aromatic carbocycles. The third-order valence-corrected chi connectivity index (χ3v) is 2.79. The number of amides is 3. The van der Waals surface area contributed by atoms with E-state index in [4.69, 9.17) is 0 Å². The minimum Gasteiger partial charge on any atom is -0.393 e. The molecule has 0 aromatic rings. The summed E-state index contributed by atoms with van der Waals surface area (Å²) in [7, 11) is 1.46. The Balaban J connectivity index is 2.32. The van der Waals surface area contributed by atoms with Crippen molar-refractivity contribution in [2.24, 2.45) is 5.92 Å². The fraction of sp³-hybridized carbons (Fsp3) is 0.800. The molecule has 1 rings (SSSR count). The Bertz CT molecular complexity index is 270. The monoisotopic (exact) mass is 229 g/mol. The van der Waals surface area contributed by atoms with E-state index >= 15 is 0 Å². The summed E-state index contributed by atoms with van der Waals surface area (Å²) in [6, 6.07) is -0.491. The molecule has 1 saturated heterocycles. The number of rotatable bonds is 2. The summed E-state index contributed by atoms with van der Waals surface area (Å²) in [6.45, 7) is 3.52. The molecule has 0 radical (unpaired) electrons. The molecular formula is C10H19N3O3. The second-order valence-corrected chi connectivity index (χ2v) is 4.20. The van der Waals surface area contributed by atoms with Crippen molar-refractivity contribution >= 4 is 11.9 Å². The lowest BCUT2D eigenvalue weighted by Crippen LogP contribution is -2.48. The SMILES string of the molecule is CNC(=O)NC(=O)CN1CCC(O)C(C)C1. The van der Waals surface area contributed by atoms with E-state index in [-0.39, 0.29) is 24.5 Å². The Labute approximate surface area is 95.0 Å². The van der Waals surface area contributed by atoms with Crippen LogP contribution in [0.2, 0.25) is 0 Å². The van der Waals surface area contributed by atoms with Crippen molar-refractivity contribution in [3.8, 4) is 0 Å². The third kappa shape index (κ3) is 3.79. The van der Waals surface area contributed by atoms with Gasteiger partial charge in [-0.3, -0.25) is 15.0 Å². The molecule has 3 N–H and O–H groups in total. The maximum Gasteiger partial charge on any atom is 0.321 e. The highest BCUT2D eigenvalue weighted by atomic mass is 16.3. The van der Waals surface area contributed by atoms with Crippen molar-refractivity contribution < 1.29 is 14.7 Å². The molecule has 0 spiro atoms. The van der Waals surface area contributed by atoms with Crippen molar-refractivity contribution in [3.05, 3.63) is 0 Å². The van der Waals surface area contributed by atoms with E-state index in [1.54, 1.807) is 0 Å². The Kier molecular flexibility index (Phi) is 4.70. The molecule has 0 bridgehead atoms. The standard InChI is InChI=1S/C10H19N3O3/c1-7-5-13(4-3-8(7)14)6-9(15)12-10(16)11-2/h7-8,14H,3-6H2,1-2H3,(H2,11,12,15,16). The van der Waals surface area contributed by atoms with Gasteiger partial charge in [0.05, 0.1) is 12.6 Å². The molecule has 16 heavy (non-hydrogen) atoms. The average molecular weight is 229 g/mol. The van der Waals surface area contributed by atoms with E-state index in [0.717, 1.165) is 0 Å². The number of aliphatic hydroxyl groups is 1. The smallest absolute Gasteiger partial charge is 0.321 e. The molecule has 1 heterocycles. The number of aliphatic hydroxyl groups excluding tert-OH is 1. The van der Waals surface area contributed by atoms with Crippen LogP contribution < -0.4 is 10.6 Å². The van der Waals surface area contributed by atoms with E-state index in [9.17, 15) is 14.7 Å². The largest absolute Gasteiger partial charge is 0.393 e. The van der Waals surface area contributed by atoms with Crippen LogP contribution in [0.25, 0.3) is 0 Å². The van der Waals surface area contributed by atoms with Gasteiger partial charge in [-0.05, 0) is 12.3 Å². The molecule has 2 unspecified atom stereocenters. The molecule has 6 nitrogen and oxygen atoms in total. The zero-order valence-electron chi connectivity index (χ0n) is 9.69. The van der Waals surface area contributed by atoms with Gasteiger partial charge in [0.1, 0.15) is 0 Å². The highest BCUT2D eigenvalue weighted by molar-refractivity contribution is 5.95. The average Bonchev–Trinajstić information content (AvgIpc) is 2.23. The first-order valence-electron chi connectivity index (χ1n) is 5.45. The minimum absolute atomic E-state index is 0.168. The van der Waals surface area contributed by atoms with Crippen molar-refractivity contribution in [2.45, 2.75) is 19.4 Å². The first-order chi connectivity index (χ1) is 7.52. The summed E-state index contributed by atoms with van der Waals surface area (Å²) in [6.07, 6.45) is 0.396. The van der Waals surface area contributed by atoms with Gasteiger partial charge < -0.3 is 10.4 Å². The van der Waals surface area contributed by atoms with E-state index in [0.29, 0.717) is 19.5 Å². The molecular weight excluding hydrogens is 210 g/mol. The minimum atomic E-state index is -0.491. The number of likely N-dealkylation sites (tertiary alicyclic amines) is 1. The second kappa shape index (κ2) is 5.81. The topological polar surface area (TPSA) is 81.7 Å². The quantitative estimate of drug-likeness (QED) is 0.576. The van der Waals surface area contributed by atoms with Gasteiger partial charge in [0.2, 0.25) is 5.91 Å². The van der Waals surface area contributed by atoms with Gasteiger partial charge in [0.15, 0.2) is 0 Å². The van der Waals surface area contributed by atoms with Gasteiger partial charge >= 0.3 is 6.03 Å². The van der Waals surface area contributed by atoms with Crippen molar-refractivity contribution in [3.63, 3.8) is 0 Å². The molecule has 1 aliphatic heterocycles. The molecule has 92 valence electrons. The summed E-state index contributed by atoms with van der Waals surface area (Å²) in [5, 5.41) is 14.1. The maximum absolute atomic E-state index is 11.4. The highest BCUT2D eigenvalue weighted by Crippen LogP contribution is 2.15.